The van der Waals surface area contributed by atoms with E-state index in [1.54, 1.807) is 17.4 Å². The molecule has 96 valence electrons. The van der Waals surface area contributed by atoms with Gasteiger partial charge in [0.25, 0.3) is 0 Å². The van der Waals surface area contributed by atoms with Gasteiger partial charge in [0.05, 0.1) is 0 Å². The zero-order chi connectivity index (χ0) is 13.1. The van der Waals surface area contributed by atoms with Crippen molar-refractivity contribution in [2.24, 2.45) is 0 Å². The third-order valence-corrected chi connectivity index (χ3v) is 4.17. The van der Waals surface area contributed by atoms with Gasteiger partial charge in [0.1, 0.15) is 5.82 Å². The monoisotopic (exact) mass is 283 g/mol. The number of aryl methyl sites for hydroxylation is 1. The molecule has 0 aliphatic rings. The fraction of sp³-hybridized carbons (Fsp3) is 0.286. The molecule has 1 aromatic heterocycles. The molecule has 1 nitrogen and oxygen atoms in total. The van der Waals surface area contributed by atoms with Crippen LogP contribution in [0.5, 0.6) is 0 Å². The van der Waals surface area contributed by atoms with Crippen LogP contribution in [-0.2, 0) is 6.42 Å². The third kappa shape index (κ3) is 3.10. The molecule has 18 heavy (non-hydrogen) atoms. The van der Waals surface area contributed by atoms with Crippen molar-refractivity contribution in [2.75, 3.05) is 7.05 Å². The summed E-state index contributed by atoms with van der Waals surface area (Å²) in [6.07, 6.45) is 0.756. The van der Waals surface area contributed by atoms with Gasteiger partial charge in [-0.1, -0.05) is 17.7 Å². The second kappa shape index (κ2) is 5.83. The van der Waals surface area contributed by atoms with E-state index in [0.717, 1.165) is 12.0 Å². The van der Waals surface area contributed by atoms with E-state index in [-0.39, 0.29) is 11.9 Å². The first-order valence-corrected chi connectivity index (χ1v) is 7.02. The average molecular weight is 284 g/mol. The predicted molar refractivity (Wildman–Crippen MR) is 76.0 cm³/mol. The lowest BCUT2D eigenvalue weighted by Crippen LogP contribution is -2.18. The summed E-state index contributed by atoms with van der Waals surface area (Å²) in [5.41, 5.74) is 2.21. The maximum absolute atomic E-state index is 13.0. The van der Waals surface area contributed by atoms with E-state index in [4.69, 9.17) is 11.6 Å². The Kier molecular flexibility index (Phi) is 4.38. The van der Waals surface area contributed by atoms with Crippen LogP contribution < -0.4 is 5.32 Å². The molecule has 2 rings (SSSR count). The second-order valence-electron chi connectivity index (χ2n) is 4.27. The first-order chi connectivity index (χ1) is 8.60. The Hall–Kier alpha value is -0.900. The van der Waals surface area contributed by atoms with Crippen LogP contribution >= 0.6 is 22.9 Å². The smallest absolute Gasteiger partial charge is 0.124 e. The minimum absolute atomic E-state index is 0.206. The van der Waals surface area contributed by atoms with Crippen molar-refractivity contribution in [3.63, 3.8) is 0 Å². The Morgan fingerprint density at radius 2 is 2.17 bits per heavy atom. The van der Waals surface area contributed by atoms with E-state index in [2.05, 4.69) is 23.7 Å². The standard InChI is InChI=1S/C14H15ClFNS/c1-9-5-11(8-18-9)14(17-2)6-10-3-4-12(16)7-13(10)15/h3-5,7-8,14,17H,6H2,1-2H3. The average Bonchev–Trinajstić information content (AvgIpc) is 2.75. The van der Waals surface area contributed by atoms with Crippen molar-refractivity contribution in [1.29, 1.82) is 0 Å². The number of hydrogen-bond acceptors (Lipinski definition) is 2. The maximum atomic E-state index is 13.0. The first-order valence-electron chi connectivity index (χ1n) is 5.76. The summed E-state index contributed by atoms with van der Waals surface area (Å²) >= 11 is 7.79. The molecule has 1 atom stereocenters. The topological polar surface area (TPSA) is 12.0 Å². The molecule has 0 aliphatic carbocycles. The number of thiophene rings is 1. The summed E-state index contributed by atoms with van der Waals surface area (Å²) in [7, 11) is 1.93. The Balaban J connectivity index is 2.20. The van der Waals surface area contributed by atoms with E-state index in [9.17, 15) is 4.39 Å². The molecule has 4 heteroatoms. The van der Waals surface area contributed by atoms with Gasteiger partial charge in [0.15, 0.2) is 0 Å². The van der Waals surface area contributed by atoms with E-state index >= 15 is 0 Å². The minimum Gasteiger partial charge on any atom is -0.313 e. The summed E-state index contributed by atoms with van der Waals surface area (Å²) in [4.78, 5) is 1.29. The molecule has 1 aromatic carbocycles. The van der Waals surface area contributed by atoms with Crippen LogP contribution in [0.3, 0.4) is 0 Å². The Bertz CT molecular complexity index is 538. The normalized spacial score (nSPS) is 12.7. The number of halogens is 2. The van der Waals surface area contributed by atoms with Crippen molar-refractivity contribution >= 4 is 22.9 Å². The zero-order valence-electron chi connectivity index (χ0n) is 10.3. The van der Waals surface area contributed by atoms with Gasteiger partial charge in [-0.15, -0.1) is 11.3 Å². The van der Waals surface area contributed by atoms with E-state index in [0.29, 0.717) is 5.02 Å². The summed E-state index contributed by atoms with van der Waals surface area (Å²) in [6, 6.07) is 6.94. The van der Waals surface area contributed by atoms with Gasteiger partial charge in [-0.25, -0.2) is 4.39 Å². The number of hydrogen-bond donors (Lipinski definition) is 1. The largest absolute Gasteiger partial charge is 0.313 e. The van der Waals surface area contributed by atoms with Crippen LogP contribution in [0.4, 0.5) is 4.39 Å². The van der Waals surface area contributed by atoms with Gasteiger partial charge in [-0.2, -0.15) is 0 Å². The molecule has 0 spiro atoms. The Labute approximate surface area is 116 Å². The molecular weight excluding hydrogens is 269 g/mol. The molecule has 0 bridgehead atoms. The van der Waals surface area contributed by atoms with Crippen molar-refractivity contribution in [2.45, 2.75) is 19.4 Å². The van der Waals surface area contributed by atoms with Gasteiger partial charge in [-0.05, 0) is 55.1 Å². The highest BCUT2D eigenvalue weighted by molar-refractivity contribution is 7.10. The van der Waals surface area contributed by atoms with Gasteiger partial charge in [-0.3, -0.25) is 0 Å². The van der Waals surface area contributed by atoms with E-state index in [1.165, 1.54) is 22.6 Å². The van der Waals surface area contributed by atoms with Gasteiger partial charge in [0, 0.05) is 15.9 Å². The highest BCUT2D eigenvalue weighted by atomic mass is 35.5. The Morgan fingerprint density at radius 3 is 2.72 bits per heavy atom. The van der Waals surface area contributed by atoms with Gasteiger partial charge < -0.3 is 5.32 Å². The van der Waals surface area contributed by atoms with Gasteiger partial charge in [0.2, 0.25) is 0 Å². The SMILES string of the molecule is CNC(Cc1ccc(F)cc1Cl)c1csc(C)c1. The lowest BCUT2D eigenvalue weighted by Gasteiger charge is -2.16. The van der Waals surface area contributed by atoms with Crippen LogP contribution in [0.15, 0.2) is 29.6 Å². The second-order valence-corrected chi connectivity index (χ2v) is 5.79. The molecule has 0 aliphatic heterocycles. The van der Waals surface area contributed by atoms with E-state index < -0.39 is 0 Å². The van der Waals surface area contributed by atoms with Crippen molar-refractivity contribution in [3.05, 3.63) is 56.5 Å². The molecular formula is C14H15ClFNS. The van der Waals surface area contributed by atoms with Gasteiger partial charge >= 0.3 is 0 Å². The molecule has 0 saturated carbocycles. The third-order valence-electron chi connectivity index (χ3n) is 2.94. The number of likely N-dealkylation sites (N-methyl/N-ethyl adjacent to an activating group) is 1. The molecule has 1 heterocycles. The van der Waals surface area contributed by atoms with Crippen molar-refractivity contribution < 1.29 is 4.39 Å². The first kappa shape index (κ1) is 13.5. The zero-order valence-corrected chi connectivity index (χ0v) is 11.9. The summed E-state index contributed by atoms with van der Waals surface area (Å²) in [6.45, 7) is 2.09. The molecule has 0 radical (unpaired) electrons. The Morgan fingerprint density at radius 1 is 1.39 bits per heavy atom. The molecule has 0 amide bonds. The van der Waals surface area contributed by atoms with Crippen LogP contribution in [0.1, 0.15) is 22.0 Å². The summed E-state index contributed by atoms with van der Waals surface area (Å²) in [5, 5.41) is 5.91. The molecule has 0 saturated heterocycles. The van der Waals surface area contributed by atoms with Crippen LogP contribution in [0, 0.1) is 12.7 Å². The number of rotatable bonds is 4. The number of benzene rings is 1. The summed E-state index contributed by atoms with van der Waals surface area (Å²) < 4.78 is 13.0. The fourth-order valence-electron chi connectivity index (χ4n) is 1.94. The summed E-state index contributed by atoms with van der Waals surface area (Å²) in [5.74, 6) is -0.295. The quantitative estimate of drug-likeness (QED) is 0.879. The van der Waals surface area contributed by atoms with Crippen molar-refractivity contribution in [1.82, 2.24) is 5.32 Å². The van der Waals surface area contributed by atoms with E-state index in [1.807, 2.05) is 7.05 Å². The maximum Gasteiger partial charge on any atom is 0.124 e. The molecule has 2 aromatic rings. The highest BCUT2D eigenvalue weighted by Gasteiger charge is 2.13. The van der Waals surface area contributed by atoms with Crippen LogP contribution in [0.25, 0.3) is 0 Å². The minimum atomic E-state index is -0.295. The van der Waals surface area contributed by atoms with Crippen molar-refractivity contribution in [3.8, 4) is 0 Å². The number of nitrogens with one attached hydrogen (secondary N) is 1. The predicted octanol–water partition coefficient (Wildman–Crippen LogP) is 4.35. The molecule has 1 N–H and O–H groups in total. The lowest BCUT2D eigenvalue weighted by molar-refractivity contribution is 0.590. The fourth-order valence-corrected chi connectivity index (χ4v) is 2.94. The highest BCUT2D eigenvalue weighted by Crippen LogP contribution is 2.26. The van der Waals surface area contributed by atoms with Crippen LogP contribution in [0.2, 0.25) is 5.02 Å². The van der Waals surface area contributed by atoms with Crippen LogP contribution in [-0.4, -0.2) is 7.05 Å². The lowest BCUT2D eigenvalue weighted by atomic mass is 10.0. The molecule has 0 fully saturated rings. The molecule has 1 unspecified atom stereocenters.